The van der Waals surface area contributed by atoms with Gasteiger partial charge in [0.25, 0.3) is 11.5 Å². The lowest BCUT2D eigenvalue weighted by atomic mass is 10.1. The number of fused-ring (bicyclic) bond motifs is 1. The Balaban J connectivity index is 1.30. The first-order chi connectivity index (χ1) is 15.2. The van der Waals surface area contributed by atoms with Crippen LogP contribution >= 0.6 is 0 Å². The van der Waals surface area contributed by atoms with Gasteiger partial charge in [-0.2, -0.15) is 0 Å². The highest BCUT2D eigenvalue weighted by molar-refractivity contribution is 5.94. The Bertz CT molecular complexity index is 1300. The van der Waals surface area contributed by atoms with Gasteiger partial charge in [0.2, 0.25) is 5.95 Å². The number of rotatable bonds is 4. The molecule has 8 nitrogen and oxygen atoms in total. The topological polar surface area (TPSA) is 92.5 Å². The van der Waals surface area contributed by atoms with E-state index in [4.69, 9.17) is 0 Å². The first-order valence-electron chi connectivity index (χ1n) is 10.1. The monoisotopic (exact) mass is 412 g/mol. The number of carbonyl (C=O) groups is 1. The van der Waals surface area contributed by atoms with Crippen LogP contribution in [-0.2, 0) is 0 Å². The van der Waals surface area contributed by atoms with Crippen LogP contribution in [0.3, 0.4) is 0 Å². The molecule has 0 aliphatic carbocycles. The van der Waals surface area contributed by atoms with Crippen molar-refractivity contribution in [3.8, 4) is 11.3 Å². The molecule has 1 saturated heterocycles. The zero-order valence-electron chi connectivity index (χ0n) is 16.7. The fourth-order valence-electron chi connectivity index (χ4n) is 3.78. The molecule has 1 unspecified atom stereocenters. The molecular weight excluding hydrogens is 392 g/mol. The van der Waals surface area contributed by atoms with Crippen molar-refractivity contribution in [2.24, 2.45) is 0 Å². The normalized spacial score (nSPS) is 15.9. The summed E-state index contributed by atoms with van der Waals surface area (Å²) in [6.07, 6.45) is 5.44. The molecule has 1 N–H and O–H groups in total. The molecule has 4 aromatic rings. The summed E-state index contributed by atoms with van der Waals surface area (Å²) in [4.78, 5) is 40.7. The van der Waals surface area contributed by atoms with Gasteiger partial charge in [0, 0.05) is 43.3 Å². The van der Waals surface area contributed by atoms with E-state index in [1.807, 2.05) is 41.3 Å². The maximum atomic E-state index is 12.7. The van der Waals surface area contributed by atoms with Crippen LogP contribution in [0.2, 0.25) is 0 Å². The molecule has 31 heavy (non-hydrogen) atoms. The number of carbonyl (C=O) groups excluding carboxylic acids is 1. The SMILES string of the molecule is O=C(NC1CCN(c2nccc(-c3ccccc3)n2)C1)c1cnc2ccccn2c1=O. The van der Waals surface area contributed by atoms with Crippen LogP contribution in [0.5, 0.6) is 0 Å². The summed E-state index contributed by atoms with van der Waals surface area (Å²) in [5, 5.41) is 2.96. The molecule has 3 aromatic heterocycles. The van der Waals surface area contributed by atoms with Crippen LogP contribution in [-0.4, -0.2) is 44.4 Å². The van der Waals surface area contributed by atoms with Crippen molar-refractivity contribution in [1.29, 1.82) is 0 Å². The Kier molecular flexibility index (Phi) is 4.87. The molecule has 1 fully saturated rings. The number of nitrogens with zero attached hydrogens (tertiary/aromatic N) is 5. The van der Waals surface area contributed by atoms with E-state index in [0.29, 0.717) is 18.1 Å². The Morgan fingerprint density at radius 1 is 1.03 bits per heavy atom. The maximum absolute atomic E-state index is 12.7. The number of pyridine rings is 1. The van der Waals surface area contributed by atoms with Gasteiger partial charge >= 0.3 is 0 Å². The van der Waals surface area contributed by atoms with E-state index in [0.717, 1.165) is 24.2 Å². The summed E-state index contributed by atoms with van der Waals surface area (Å²) >= 11 is 0. The van der Waals surface area contributed by atoms with Crippen LogP contribution in [0.15, 0.2) is 78.0 Å². The Labute approximate surface area is 178 Å². The Morgan fingerprint density at radius 3 is 2.74 bits per heavy atom. The highest BCUT2D eigenvalue weighted by atomic mass is 16.2. The number of aromatic nitrogens is 4. The summed E-state index contributed by atoms with van der Waals surface area (Å²) in [6.45, 7) is 1.30. The van der Waals surface area contributed by atoms with E-state index in [-0.39, 0.29) is 17.2 Å². The summed E-state index contributed by atoms with van der Waals surface area (Å²) in [5.74, 6) is 0.215. The van der Waals surface area contributed by atoms with E-state index in [1.165, 1.54) is 10.6 Å². The number of hydrogen-bond donors (Lipinski definition) is 1. The predicted octanol–water partition coefficient (Wildman–Crippen LogP) is 2.16. The van der Waals surface area contributed by atoms with E-state index in [9.17, 15) is 9.59 Å². The lowest BCUT2D eigenvalue weighted by Gasteiger charge is -2.17. The van der Waals surface area contributed by atoms with Crippen molar-refractivity contribution >= 4 is 17.5 Å². The summed E-state index contributed by atoms with van der Waals surface area (Å²) in [6, 6.07) is 17.0. The summed E-state index contributed by atoms with van der Waals surface area (Å²) in [7, 11) is 0. The van der Waals surface area contributed by atoms with Crippen molar-refractivity contribution < 1.29 is 4.79 Å². The second-order valence-corrected chi connectivity index (χ2v) is 7.42. The average molecular weight is 412 g/mol. The van der Waals surface area contributed by atoms with Gasteiger partial charge in [0.1, 0.15) is 11.2 Å². The van der Waals surface area contributed by atoms with Gasteiger partial charge in [0.15, 0.2) is 0 Å². The minimum atomic E-state index is -0.415. The van der Waals surface area contributed by atoms with Crippen LogP contribution in [0, 0.1) is 0 Å². The minimum Gasteiger partial charge on any atom is -0.347 e. The average Bonchev–Trinajstić information content (AvgIpc) is 3.28. The number of benzene rings is 1. The zero-order valence-corrected chi connectivity index (χ0v) is 16.7. The van der Waals surface area contributed by atoms with E-state index < -0.39 is 5.91 Å². The van der Waals surface area contributed by atoms with E-state index >= 15 is 0 Å². The van der Waals surface area contributed by atoms with Gasteiger partial charge in [-0.15, -0.1) is 0 Å². The minimum absolute atomic E-state index is 0.0319. The van der Waals surface area contributed by atoms with E-state index in [2.05, 4.69) is 20.3 Å². The number of hydrogen-bond acceptors (Lipinski definition) is 6. The Hall–Kier alpha value is -4.07. The fourth-order valence-corrected chi connectivity index (χ4v) is 3.78. The van der Waals surface area contributed by atoms with E-state index in [1.54, 1.807) is 30.6 Å². The van der Waals surface area contributed by atoms with Crippen molar-refractivity contribution in [3.05, 3.63) is 89.1 Å². The van der Waals surface area contributed by atoms with Crippen LogP contribution in [0.25, 0.3) is 16.9 Å². The highest BCUT2D eigenvalue weighted by Gasteiger charge is 2.27. The quantitative estimate of drug-likeness (QED) is 0.552. The predicted molar refractivity (Wildman–Crippen MR) is 117 cm³/mol. The third-order valence-electron chi connectivity index (χ3n) is 5.38. The van der Waals surface area contributed by atoms with Crippen molar-refractivity contribution in [2.75, 3.05) is 18.0 Å². The van der Waals surface area contributed by atoms with Crippen molar-refractivity contribution in [1.82, 2.24) is 24.7 Å². The molecule has 1 amide bonds. The second kappa shape index (κ2) is 7.98. The van der Waals surface area contributed by atoms with Gasteiger partial charge in [-0.05, 0) is 24.6 Å². The molecular formula is C23H20N6O2. The molecule has 4 heterocycles. The zero-order chi connectivity index (χ0) is 21.2. The van der Waals surface area contributed by atoms with Gasteiger partial charge in [0.05, 0.1) is 5.69 Å². The van der Waals surface area contributed by atoms with Crippen LogP contribution < -0.4 is 15.8 Å². The lowest BCUT2D eigenvalue weighted by molar-refractivity contribution is 0.0938. The molecule has 1 aromatic carbocycles. The highest BCUT2D eigenvalue weighted by Crippen LogP contribution is 2.21. The maximum Gasteiger partial charge on any atom is 0.270 e. The number of amides is 1. The molecule has 8 heteroatoms. The number of nitrogens with one attached hydrogen (secondary N) is 1. The molecule has 0 saturated carbocycles. The third kappa shape index (κ3) is 3.75. The molecule has 0 spiro atoms. The van der Waals surface area contributed by atoms with Crippen LogP contribution in [0.1, 0.15) is 16.8 Å². The fraction of sp³-hybridized carbons (Fsp3) is 0.174. The van der Waals surface area contributed by atoms with Crippen LogP contribution in [0.4, 0.5) is 5.95 Å². The van der Waals surface area contributed by atoms with Gasteiger partial charge in [-0.1, -0.05) is 36.4 Å². The largest absolute Gasteiger partial charge is 0.347 e. The third-order valence-corrected chi connectivity index (χ3v) is 5.38. The molecule has 1 aliphatic heterocycles. The molecule has 1 atom stereocenters. The summed E-state index contributed by atoms with van der Waals surface area (Å²) in [5.41, 5.74) is 2.04. The van der Waals surface area contributed by atoms with Gasteiger partial charge in [-0.25, -0.2) is 15.0 Å². The summed E-state index contributed by atoms with van der Waals surface area (Å²) < 4.78 is 1.37. The molecule has 0 bridgehead atoms. The van der Waals surface area contributed by atoms with Crippen molar-refractivity contribution in [2.45, 2.75) is 12.5 Å². The smallest absolute Gasteiger partial charge is 0.270 e. The standard InChI is InChI=1S/C23H20N6O2/c30-21(18-14-25-20-8-4-5-12-29(20)22(18)31)26-17-10-13-28(15-17)23-24-11-9-19(27-23)16-6-2-1-3-7-16/h1-9,11-12,14,17H,10,13,15H2,(H,26,30). The molecule has 5 rings (SSSR count). The molecule has 1 aliphatic rings. The lowest BCUT2D eigenvalue weighted by Crippen LogP contribution is -2.40. The first-order valence-corrected chi connectivity index (χ1v) is 10.1. The van der Waals surface area contributed by atoms with Gasteiger partial charge < -0.3 is 10.2 Å². The first kappa shape index (κ1) is 18.9. The second-order valence-electron chi connectivity index (χ2n) is 7.42. The number of anilines is 1. The van der Waals surface area contributed by atoms with Crippen molar-refractivity contribution in [3.63, 3.8) is 0 Å². The van der Waals surface area contributed by atoms with Gasteiger partial charge in [-0.3, -0.25) is 14.0 Å². The Morgan fingerprint density at radius 2 is 1.87 bits per heavy atom. The molecule has 154 valence electrons. The molecule has 0 radical (unpaired) electrons.